The van der Waals surface area contributed by atoms with Crippen LogP contribution in [0.3, 0.4) is 0 Å². The highest BCUT2D eigenvalue weighted by Crippen LogP contribution is 2.33. The van der Waals surface area contributed by atoms with Crippen molar-refractivity contribution in [2.45, 2.75) is 32.4 Å². The molecular weight excluding hydrogens is 306 g/mol. The van der Waals surface area contributed by atoms with Crippen molar-refractivity contribution in [2.75, 3.05) is 19.1 Å². The average molecular weight is 329 g/mol. The van der Waals surface area contributed by atoms with E-state index in [0.717, 1.165) is 22.2 Å². The number of amides is 1. The van der Waals surface area contributed by atoms with Gasteiger partial charge in [0, 0.05) is 36.3 Å². The quantitative estimate of drug-likeness (QED) is 0.825. The lowest BCUT2D eigenvalue weighted by Gasteiger charge is -2.32. The van der Waals surface area contributed by atoms with Crippen LogP contribution in [0.2, 0.25) is 0 Å². The van der Waals surface area contributed by atoms with Crippen molar-refractivity contribution in [3.8, 4) is 0 Å². The average Bonchev–Trinajstić information content (AvgIpc) is 2.96. The number of nitrogens with one attached hydrogen (secondary N) is 2. The topological polar surface area (TPSA) is 74.4 Å². The van der Waals surface area contributed by atoms with E-state index in [0.29, 0.717) is 6.42 Å². The fourth-order valence-electron chi connectivity index (χ4n) is 3.58. The van der Waals surface area contributed by atoms with Crippen LogP contribution in [0.15, 0.2) is 24.4 Å². The maximum Gasteiger partial charge on any atom is 0.328 e. The highest BCUT2D eigenvalue weighted by atomic mass is 16.5. The third-order valence-electron chi connectivity index (χ3n) is 4.69. The molecule has 2 aromatic rings. The normalized spacial score (nSPS) is 21.2. The first-order chi connectivity index (χ1) is 11.4. The van der Waals surface area contributed by atoms with Crippen LogP contribution in [0.1, 0.15) is 19.4 Å². The lowest BCUT2D eigenvalue weighted by atomic mass is 10.0. The van der Waals surface area contributed by atoms with Gasteiger partial charge in [-0.1, -0.05) is 19.9 Å². The number of likely N-dealkylation sites (N-methyl/N-ethyl adjacent to an activating group) is 1. The van der Waals surface area contributed by atoms with Crippen molar-refractivity contribution in [3.63, 3.8) is 0 Å². The van der Waals surface area contributed by atoms with E-state index in [4.69, 9.17) is 4.74 Å². The Morgan fingerprint density at radius 2 is 2.12 bits per heavy atom. The first-order valence-electron chi connectivity index (χ1n) is 8.14. The first-order valence-corrected chi connectivity index (χ1v) is 8.14. The number of ether oxygens (including phenoxy) is 1. The van der Waals surface area contributed by atoms with Crippen LogP contribution >= 0.6 is 0 Å². The number of carbonyl (C=O) groups is 2. The largest absolute Gasteiger partial charge is 0.467 e. The van der Waals surface area contributed by atoms with Gasteiger partial charge in [-0.2, -0.15) is 0 Å². The number of esters is 1. The van der Waals surface area contributed by atoms with E-state index in [2.05, 4.69) is 10.3 Å². The SMILES string of the molecule is COC(=O)[C@@H]1Cc2c[nH]c3cccc(c23)N(C)[C@H](C(C)C)C(=O)N1. The molecule has 2 heterocycles. The molecule has 24 heavy (non-hydrogen) atoms. The Hall–Kier alpha value is -2.50. The van der Waals surface area contributed by atoms with Gasteiger partial charge in [0.15, 0.2) is 0 Å². The summed E-state index contributed by atoms with van der Waals surface area (Å²) in [4.78, 5) is 30.2. The van der Waals surface area contributed by atoms with Crippen molar-refractivity contribution in [1.82, 2.24) is 10.3 Å². The predicted octanol–water partition coefficient (Wildman–Crippen LogP) is 1.84. The minimum atomic E-state index is -0.692. The molecule has 1 aliphatic rings. The van der Waals surface area contributed by atoms with Gasteiger partial charge in [0.05, 0.1) is 7.11 Å². The molecule has 0 saturated carbocycles. The van der Waals surface area contributed by atoms with Crippen LogP contribution in [0.5, 0.6) is 0 Å². The maximum absolute atomic E-state index is 12.8. The summed E-state index contributed by atoms with van der Waals surface area (Å²) in [7, 11) is 3.27. The summed E-state index contributed by atoms with van der Waals surface area (Å²) in [6.07, 6.45) is 2.30. The lowest BCUT2D eigenvalue weighted by molar-refractivity contribution is -0.145. The standard InChI is InChI=1S/C18H23N3O3/c1-10(2)16-17(22)20-13(18(23)24-4)8-11-9-19-12-6-5-7-14(15(11)12)21(16)3/h5-7,9-10,13,16,19H,8H2,1-4H3,(H,20,22)/t13-,16+/m0/s1. The van der Waals surface area contributed by atoms with Gasteiger partial charge in [-0.3, -0.25) is 4.79 Å². The molecule has 128 valence electrons. The molecule has 0 spiro atoms. The summed E-state index contributed by atoms with van der Waals surface area (Å²) in [5.74, 6) is -0.500. The van der Waals surface area contributed by atoms with E-state index in [1.54, 1.807) is 0 Å². The van der Waals surface area contributed by atoms with Gasteiger partial charge < -0.3 is 19.9 Å². The van der Waals surface area contributed by atoms with Gasteiger partial charge in [0.25, 0.3) is 0 Å². The van der Waals surface area contributed by atoms with E-state index in [1.165, 1.54) is 7.11 Å². The van der Waals surface area contributed by atoms with Crippen LogP contribution in [0, 0.1) is 5.92 Å². The molecule has 0 aliphatic carbocycles. The van der Waals surface area contributed by atoms with Crippen molar-refractivity contribution in [2.24, 2.45) is 5.92 Å². The van der Waals surface area contributed by atoms with E-state index in [1.807, 2.05) is 50.2 Å². The molecule has 1 aromatic carbocycles. The highest BCUT2D eigenvalue weighted by Gasteiger charge is 2.34. The van der Waals surface area contributed by atoms with E-state index in [9.17, 15) is 9.59 Å². The number of benzene rings is 1. The number of methoxy groups -OCH3 is 1. The molecule has 0 unspecified atom stereocenters. The second-order valence-electron chi connectivity index (χ2n) is 6.60. The molecule has 2 N–H and O–H groups in total. The summed E-state index contributed by atoms with van der Waals surface area (Å²) in [5.41, 5.74) is 2.98. The highest BCUT2D eigenvalue weighted by molar-refractivity contribution is 5.99. The molecule has 3 rings (SSSR count). The van der Waals surface area contributed by atoms with Crippen molar-refractivity contribution >= 4 is 28.5 Å². The van der Waals surface area contributed by atoms with Crippen LogP contribution in [-0.2, 0) is 20.7 Å². The Morgan fingerprint density at radius 3 is 2.79 bits per heavy atom. The van der Waals surface area contributed by atoms with Gasteiger partial charge in [-0.15, -0.1) is 0 Å². The summed E-state index contributed by atoms with van der Waals surface area (Å²) < 4.78 is 4.88. The number of rotatable bonds is 2. The Kier molecular flexibility index (Phi) is 4.22. The first kappa shape index (κ1) is 16.4. The Balaban J connectivity index is 2.20. The third-order valence-corrected chi connectivity index (χ3v) is 4.69. The van der Waals surface area contributed by atoms with Crippen LogP contribution < -0.4 is 10.2 Å². The van der Waals surface area contributed by atoms with E-state index in [-0.39, 0.29) is 17.9 Å². The Morgan fingerprint density at radius 1 is 1.38 bits per heavy atom. The summed E-state index contributed by atoms with van der Waals surface area (Å²) in [6.45, 7) is 4.01. The zero-order valence-corrected chi connectivity index (χ0v) is 14.4. The number of hydrogen-bond acceptors (Lipinski definition) is 4. The number of aromatic amines is 1. The molecule has 1 amide bonds. The minimum absolute atomic E-state index is 0.0871. The number of H-pyrrole nitrogens is 1. The number of aromatic nitrogens is 1. The molecule has 0 saturated heterocycles. The summed E-state index contributed by atoms with van der Waals surface area (Å²) in [5, 5.41) is 3.92. The van der Waals surface area contributed by atoms with Gasteiger partial charge in [-0.25, -0.2) is 4.79 Å². The van der Waals surface area contributed by atoms with E-state index >= 15 is 0 Å². The summed E-state index contributed by atoms with van der Waals surface area (Å²) >= 11 is 0. The smallest absolute Gasteiger partial charge is 0.328 e. The number of carbonyl (C=O) groups excluding carboxylic acids is 2. The molecule has 1 aromatic heterocycles. The Labute approximate surface area is 141 Å². The fourth-order valence-corrected chi connectivity index (χ4v) is 3.58. The van der Waals surface area contributed by atoms with Crippen LogP contribution in [0.4, 0.5) is 5.69 Å². The van der Waals surface area contributed by atoms with Crippen LogP contribution in [-0.4, -0.2) is 43.1 Å². The molecular formula is C18H23N3O3. The zero-order valence-electron chi connectivity index (χ0n) is 14.4. The van der Waals surface area contributed by atoms with Crippen molar-refractivity contribution in [3.05, 3.63) is 30.0 Å². The third kappa shape index (κ3) is 2.62. The molecule has 6 heteroatoms. The monoisotopic (exact) mass is 329 g/mol. The predicted molar refractivity (Wildman–Crippen MR) is 93.0 cm³/mol. The van der Waals surface area contributed by atoms with Gasteiger partial charge in [-0.05, 0) is 23.6 Å². The number of anilines is 1. The fraction of sp³-hybridized carbons (Fsp3) is 0.444. The molecule has 1 aliphatic heterocycles. The second kappa shape index (κ2) is 6.19. The second-order valence-corrected chi connectivity index (χ2v) is 6.60. The summed E-state index contributed by atoms with van der Waals surface area (Å²) in [6, 6.07) is 4.92. The number of hydrogen-bond donors (Lipinski definition) is 2. The lowest BCUT2D eigenvalue weighted by Crippen LogP contribution is -2.53. The molecule has 2 atom stereocenters. The van der Waals surface area contributed by atoms with Gasteiger partial charge in [0.1, 0.15) is 12.1 Å². The molecule has 0 fully saturated rings. The van der Waals surface area contributed by atoms with Gasteiger partial charge >= 0.3 is 5.97 Å². The van der Waals surface area contributed by atoms with E-state index < -0.39 is 12.0 Å². The zero-order chi connectivity index (χ0) is 17.4. The molecule has 0 bridgehead atoms. The molecule has 6 nitrogen and oxygen atoms in total. The number of nitrogens with zero attached hydrogens (tertiary/aromatic N) is 1. The van der Waals surface area contributed by atoms with Crippen LogP contribution in [0.25, 0.3) is 10.9 Å². The Bertz CT molecular complexity index is 781. The van der Waals surface area contributed by atoms with Crippen molar-refractivity contribution in [1.29, 1.82) is 0 Å². The van der Waals surface area contributed by atoms with Crippen molar-refractivity contribution < 1.29 is 14.3 Å². The molecule has 0 radical (unpaired) electrons. The minimum Gasteiger partial charge on any atom is -0.467 e. The van der Waals surface area contributed by atoms with Gasteiger partial charge in [0.2, 0.25) is 5.91 Å². The maximum atomic E-state index is 12.8.